The molecule has 1 aliphatic rings. The number of piperidine rings is 1. The van der Waals surface area contributed by atoms with Gasteiger partial charge in [-0.1, -0.05) is 30.3 Å². The average Bonchev–Trinajstić information content (AvgIpc) is 2.76. The summed E-state index contributed by atoms with van der Waals surface area (Å²) >= 11 is 0. The summed E-state index contributed by atoms with van der Waals surface area (Å²) in [5, 5.41) is 3.34. The Kier molecular flexibility index (Phi) is 5.71. The lowest BCUT2D eigenvalue weighted by atomic mass is 9.90. The number of methoxy groups -OCH3 is 1. The van der Waals surface area contributed by atoms with Crippen molar-refractivity contribution in [1.82, 2.24) is 9.97 Å². The smallest absolute Gasteiger partial charge is 0.227 e. The van der Waals surface area contributed by atoms with E-state index in [-0.39, 0.29) is 0 Å². The fourth-order valence-electron chi connectivity index (χ4n) is 3.68. The van der Waals surface area contributed by atoms with E-state index in [2.05, 4.69) is 45.5 Å². The number of hydrogen-bond acceptors (Lipinski definition) is 5. The predicted molar refractivity (Wildman–Crippen MR) is 113 cm³/mol. The van der Waals surface area contributed by atoms with Crippen LogP contribution >= 0.6 is 0 Å². The SMILES string of the molecule is COc1ccc(Nc2ccnc(N3CCC(Cc4ccccc4)CC3)n2)cc1. The van der Waals surface area contributed by atoms with Crippen molar-refractivity contribution in [3.05, 3.63) is 72.4 Å². The van der Waals surface area contributed by atoms with Crippen LogP contribution in [-0.4, -0.2) is 30.2 Å². The minimum Gasteiger partial charge on any atom is -0.497 e. The average molecular weight is 374 g/mol. The van der Waals surface area contributed by atoms with Gasteiger partial charge in [-0.25, -0.2) is 4.98 Å². The number of aromatic nitrogens is 2. The second-order valence-electron chi connectivity index (χ2n) is 7.22. The molecule has 0 radical (unpaired) electrons. The number of anilines is 3. The van der Waals surface area contributed by atoms with Gasteiger partial charge in [0.25, 0.3) is 0 Å². The molecule has 1 saturated heterocycles. The van der Waals surface area contributed by atoms with Crippen molar-refractivity contribution in [1.29, 1.82) is 0 Å². The molecule has 0 saturated carbocycles. The molecule has 0 unspecified atom stereocenters. The molecule has 0 amide bonds. The quantitative estimate of drug-likeness (QED) is 0.678. The first-order valence-corrected chi connectivity index (χ1v) is 9.83. The van der Waals surface area contributed by atoms with Crippen molar-refractivity contribution < 1.29 is 4.74 Å². The highest BCUT2D eigenvalue weighted by Crippen LogP contribution is 2.25. The van der Waals surface area contributed by atoms with Crippen molar-refractivity contribution in [3.8, 4) is 5.75 Å². The van der Waals surface area contributed by atoms with Gasteiger partial charge in [0.15, 0.2) is 0 Å². The van der Waals surface area contributed by atoms with Crippen LogP contribution in [0.1, 0.15) is 18.4 Å². The highest BCUT2D eigenvalue weighted by molar-refractivity contribution is 5.58. The Balaban J connectivity index is 1.35. The minimum atomic E-state index is 0.735. The van der Waals surface area contributed by atoms with Crippen LogP contribution in [-0.2, 0) is 6.42 Å². The van der Waals surface area contributed by atoms with E-state index >= 15 is 0 Å². The van der Waals surface area contributed by atoms with E-state index in [9.17, 15) is 0 Å². The molecule has 0 bridgehead atoms. The Labute approximate surface area is 166 Å². The van der Waals surface area contributed by atoms with E-state index < -0.39 is 0 Å². The summed E-state index contributed by atoms with van der Waals surface area (Å²) in [6.07, 6.45) is 5.33. The highest BCUT2D eigenvalue weighted by atomic mass is 16.5. The summed E-state index contributed by atoms with van der Waals surface area (Å²) in [6.45, 7) is 2.01. The largest absolute Gasteiger partial charge is 0.497 e. The van der Waals surface area contributed by atoms with Crippen LogP contribution in [0, 0.1) is 5.92 Å². The molecule has 4 rings (SSSR count). The van der Waals surface area contributed by atoms with Crippen LogP contribution in [0.15, 0.2) is 66.9 Å². The van der Waals surface area contributed by atoms with Crippen LogP contribution in [0.25, 0.3) is 0 Å². The van der Waals surface area contributed by atoms with E-state index in [0.29, 0.717) is 0 Å². The molecule has 144 valence electrons. The van der Waals surface area contributed by atoms with Gasteiger partial charge in [0.05, 0.1) is 7.11 Å². The Bertz CT molecular complexity index is 875. The molecule has 1 aromatic heterocycles. The van der Waals surface area contributed by atoms with Gasteiger partial charge in [0.1, 0.15) is 11.6 Å². The van der Waals surface area contributed by atoms with Gasteiger partial charge in [-0.2, -0.15) is 4.98 Å². The van der Waals surface area contributed by atoms with E-state index in [1.165, 1.54) is 18.4 Å². The summed E-state index contributed by atoms with van der Waals surface area (Å²) in [4.78, 5) is 11.5. The third-order valence-electron chi connectivity index (χ3n) is 5.27. The first-order valence-electron chi connectivity index (χ1n) is 9.83. The Morgan fingerprint density at radius 2 is 1.75 bits per heavy atom. The number of rotatable bonds is 6. The molecule has 1 fully saturated rings. The summed E-state index contributed by atoms with van der Waals surface area (Å²) in [5.41, 5.74) is 2.41. The van der Waals surface area contributed by atoms with Crippen LogP contribution in [0.5, 0.6) is 5.75 Å². The Morgan fingerprint density at radius 3 is 2.46 bits per heavy atom. The van der Waals surface area contributed by atoms with E-state index in [0.717, 1.165) is 48.6 Å². The summed E-state index contributed by atoms with van der Waals surface area (Å²) in [5.74, 6) is 3.19. The molecule has 2 heterocycles. The number of benzene rings is 2. The van der Waals surface area contributed by atoms with Crippen molar-refractivity contribution in [3.63, 3.8) is 0 Å². The molecular weight excluding hydrogens is 348 g/mol. The first-order chi connectivity index (χ1) is 13.8. The standard InChI is InChI=1S/C23H26N4O/c1-28-21-9-7-20(8-10-21)25-22-11-14-24-23(26-22)27-15-12-19(13-16-27)17-18-5-3-2-4-6-18/h2-11,14,19H,12-13,15-17H2,1H3,(H,24,25,26). The van der Waals surface area contributed by atoms with Gasteiger partial charge < -0.3 is 15.0 Å². The van der Waals surface area contributed by atoms with Gasteiger partial charge in [-0.15, -0.1) is 0 Å². The van der Waals surface area contributed by atoms with E-state index in [1.54, 1.807) is 7.11 Å². The van der Waals surface area contributed by atoms with Crippen molar-refractivity contribution in [2.24, 2.45) is 5.92 Å². The molecule has 0 spiro atoms. The first kappa shape index (κ1) is 18.3. The fourth-order valence-corrected chi connectivity index (χ4v) is 3.68. The second kappa shape index (κ2) is 8.74. The fraction of sp³-hybridized carbons (Fsp3) is 0.304. The molecule has 0 atom stereocenters. The molecule has 28 heavy (non-hydrogen) atoms. The molecule has 5 heteroatoms. The van der Waals surface area contributed by atoms with E-state index in [4.69, 9.17) is 9.72 Å². The monoisotopic (exact) mass is 374 g/mol. The molecule has 1 aliphatic heterocycles. The maximum Gasteiger partial charge on any atom is 0.227 e. The molecular formula is C23H26N4O. The third-order valence-corrected chi connectivity index (χ3v) is 5.27. The van der Waals surface area contributed by atoms with Crippen LogP contribution < -0.4 is 15.0 Å². The molecule has 1 N–H and O–H groups in total. The van der Waals surface area contributed by atoms with Gasteiger partial charge in [0, 0.05) is 25.0 Å². The Morgan fingerprint density at radius 1 is 1.00 bits per heavy atom. The van der Waals surface area contributed by atoms with Crippen LogP contribution in [0.4, 0.5) is 17.5 Å². The van der Waals surface area contributed by atoms with Gasteiger partial charge in [0.2, 0.25) is 5.95 Å². The molecule has 0 aliphatic carbocycles. The molecule has 2 aromatic carbocycles. The summed E-state index contributed by atoms with van der Waals surface area (Å²) < 4.78 is 5.20. The maximum absolute atomic E-state index is 5.20. The summed E-state index contributed by atoms with van der Waals surface area (Å²) in [7, 11) is 1.67. The van der Waals surface area contributed by atoms with Gasteiger partial charge in [-0.05, 0) is 61.1 Å². The van der Waals surface area contributed by atoms with Crippen molar-refractivity contribution in [2.45, 2.75) is 19.3 Å². The number of nitrogens with zero attached hydrogens (tertiary/aromatic N) is 3. The highest BCUT2D eigenvalue weighted by Gasteiger charge is 2.21. The third kappa shape index (κ3) is 4.60. The second-order valence-corrected chi connectivity index (χ2v) is 7.22. The maximum atomic E-state index is 5.20. The molecule has 5 nitrogen and oxygen atoms in total. The topological polar surface area (TPSA) is 50.3 Å². The predicted octanol–water partition coefficient (Wildman–Crippen LogP) is 4.69. The lowest BCUT2D eigenvalue weighted by molar-refractivity contribution is 0.400. The van der Waals surface area contributed by atoms with Crippen molar-refractivity contribution >= 4 is 17.5 Å². The van der Waals surface area contributed by atoms with Crippen LogP contribution in [0.3, 0.4) is 0 Å². The van der Waals surface area contributed by atoms with Crippen LogP contribution in [0.2, 0.25) is 0 Å². The van der Waals surface area contributed by atoms with E-state index in [1.807, 2.05) is 36.5 Å². The zero-order valence-corrected chi connectivity index (χ0v) is 16.2. The zero-order valence-electron chi connectivity index (χ0n) is 16.2. The number of ether oxygens (including phenoxy) is 1. The molecule has 3 aromatic rings. The lowest BCUT2D eigenvalue weighted by Gasteiger charge is -2.32. The zero-order chi connectivity index (χ0) is 19.2. The van der Waals surface area contributed by atoms with Crippen molar-refractivity contribution in [2.75, 3.05) is 30.4 Å². The number of nitrogens with one attached hydrogen (secondary N) is 1. The summed E-state index contributed by atoms with van der Waals surface area (Å²) in [6, 6.07) is 20.5. The minimum absolute atomic E-state index is 0.735. The normalized spacial score (nSPS) is 14.7. The van der Waals surface area contributed by atoms with Gasteiger partial charge >= 0.3 is 0 Å². The lowest BCUT2D eigenvalue weighted by Crippen LogP contribution is -2.35. The number of hydrogen-bond donors (Lipinski definition) is 1. The Hall–Kier alpha value is -3.08. The van der Waals surface area contributed by atoms with Gasteiger partial charge in [-0.3, -0.25) is 0 Å².